The van der Waals surface area contributed by atoms with Crippen LogP contribution in [0.2, 0.25) is 0 Å². The fourth-order valence-electron chi connectivity index (χ4n) is 1.98. The van der Waals surface area contributed by atoms with Crippen molar-refractivity contribution in [2.45, 2.75) is 13.3 Å². The summed E-state index contributed by atoms with van der Waals surface area (Å²) in [7, 11) is 0. The van der Waals surface area contributed by atoms with E-state index in [1.54, 1.807) is 12.3 Å². The van der Waals surface area contributed by atoms with E-state index in [-0.39, 0.29) is 11.7 Å². The number of carbonyl (C=O) groups is 1. The first-order valence-electron chi connectivity index (χ1n) is 5.67. The lowest BCUT2D eigenvalue weighted by molar-refractivity contribution is -0.118. The minimum absolute atomic E-state index is 0.101. The van der Waals surface area contributed by atoms with Gasteiger partial charge in [-0.25, -0.2) is 4.39 Å². The fourth-order valence-corrected chi connectivity index (χ4v) is 1.98. The fraction of sp³-hybridized carbons (Fsp3) is 0.231. The molecule has 1 heterocycles. The third kappa shape index (κ3) is 2.25. The monoisotopic (exact) mass is 247 g/mol. The highest BCUT2D eigenvalue weighted by atomic mass is 19.1. The largest absolute Gasteiger partial charge is 0.360 e. The zero-order valence-electron chi connectivity index (χ0n) is 10.0. The highest BCUT2D eigenvalue weighted by Gasteiger charge is 2.11. The molecular formula is C13H14FN3O. The van der Waals surface area contributed by atoms with E-state index in [0.717, 1.165) is 5.56 Å². The summed E-state index contributed by atoms with van der Waals surface area (Å²) in [6, 6.07) is 2.93. The Labute approximate surface area is 104 Å². The minimum Gasteiger partial charge on any atom is -0.360 e. The molecule has 18 heavy (non-hydrogen) atoms. The summed E-state index contributed by atoms with van der Waals surface area (Å²) < 4.78 is 13.8. The van der Waals surface area contributed by atoms with Gasteiger partial charge in [-0.15, -0.1) is 0 Å². The van der Waals surface area contributed by atoms with Crippen molar-refractivity contribution in [1.29, 1.82) is 5.41 Å². The van der Waals surface area contributed by atoms with Crippen molar-refractivity contribution in [3.8, 4) is 0 Å². The Hall–Kier alpha value is -2.17. The van der Waals surface area contributed by atoms with Gasteiger partial charge < -0.3 is 15.7 Å². The van der Waals surface area contributed by atoms with Crippen LogP contribution in [0, 0.1) is 11.2 Å². The van der Waals surface area contributed by atoms with Crippen molar-refractivity contribution in [3.63, 3.8) is 0 Å². The van der Waals surface area contributed by atoms with Gasteiger partial charge in [0.2, 0.25) is 5.91 Å². The number of rotatable bonds is 4. The first-order chi connectivity index (χ1) is 8.63. The number of fused-ring (bicyclic) bond motifs is 1. The lowest BCUT2D eigenvalue weighted by atomic mass is 10.1. The Bertz CT molecular complexity index is 604. The van der Waals surface area contributed by atoms with Gasteiger partial charge in [0, 0.05) is 36.8 Å². The van der Waals surface area contributed by atoms with Crippen LogP contribution in [0.3, 0.4) is 0 Å². The van der Waals surface area contributed by atoms with Crippen LogP contribution < -0.4 is 5.32 Å². The van der Waals surface area contributed by atoms with Gasteiger partial charge in [0.25, 0.3) is 0 Å². The van der Waals surface area contributed by atoms with Crippen LogP contribution in [-0.4, -0.2) is 23.7 Å². The summed E-state index contributed by atoms with van der Waals surface area (Å²) >= 11 is 0. The molecule has 0 fully saturated rings. The van der Waals surface area contributed by atoms with Crippen LogP contribution in [0.25, 0.3) is 10.9 Å². The van der Waals surface area contributed by atoms with Gasteiger partial charge >= 0.3 is 0 Å². The van der Waals surface area contributed by atoms with Gasteiger partial charge in [0.15, 0.2) is 0 Å². The minimum atomic E-state index is -0.310. The topological polar surface area (TPSA) is 68.7 Å². The lowest BCUT2D eigenvalue weighted by Gasteiger charge is -2.03. The number of carbonyl (C=O) groups excluding carboxylic acids is 1. The second kappa shape index (κ2) is 5.00. The highest BCUT2D eigenvalue weighted by molar-refractivity contribution is 5.98. The molecule has 0 aliphatic heterocycles. The number of amides is 1. The maximum Gasteiger partial charge on any atom is 0.216 e. The lowest BCUT2D eigenvalue weighted by Crippen LogP contribution is -2.22. The SMILES string of the molecule is CC(=O)NCCc1c[nH]c2c(C=N)ccc(F)c12. The molecule has 2 rings (SSSR count). The van der Waals surface area contributed by atoms with Gasteiger partial charge in [-0.05, 0) is 24.1 Å². The van der Waals surface area contributed by atoms with Crippen LogP contribution in [-0.2, 0) is 11.2 Å². The molecule has 1 amide bonds. The Kier molecular flexibility index (Phi) is 3.41. The van der Waals surface area contributed by atoms with Crippen LogP contribution in [0.15, 0.2) is 18.3 Å². The summed E-state index contributed by atoms with van der Waals surface area (Å²) in [4.78, 5) is 13.8. The number of aromatic amines is 1. The zero-order valence-corrected chi connectivity index (χ0v) is 10.0. The molecule has 1 aromatic carbocycles. The normalized spacial score (nSPS) is 10.6. The molecule has 4 nitrogen and oxygen atoms in total. The maximum absolute atomic E-state index is 13.8. The molecule has 94 valence electrons. The van der Waals surface area contributed by atoms with Gasteiger partial charge in [-0.2, -0.15) is 0 Å². The van der Waals surface area contributed by atoms with E-state index >= 15 is 0 Å². The van der Waals surface area contributed by atoms with E-state index in [4.69, 9.17) is 5.41 Å². The van der Waals surface area contributed by atoms with Crippen LogP contribution in [0.5, 0.6) is 0 Å². The molecule has 2 aromatic rings. The van der Waals surface area contributed by atoms with E-state index < -0.39 is 0 Å². The van der Waals surface area contributed by atoms with Crippen LogP contribution in [0.4, 0.5) is 4.39 Å². The number of hydrogen-bond donors (Lipinski definition) is 3. The van der Waals surface area contributed by atoms with Crippen molar-refractivity contribution in [1.82, 2.24) is 10.3 Å². The van der Waals surface area contributed by atoms with E-state index in [1.165, 1.54) is 19.2 Å². The molecule has 1 aromatic heterocycles. The number of nitrogens with one attached hydrogen (secondary N) is 3. The third-order valence-electron chi connectivity index (χ3n) is 2.82. The van der Waals surface area contributed by atoms with E-state index in [2.05, 4.69) is 10.3 Å². The van der Waals surface area contributed by atoms with Crippen molar-refractivity contribution in [3.05, 3.63) is 35.3 Å². The second-order valence-electron chi connectivity index (χ2n) is 4.08. The first-order valence-corrected chi connectivity index (χ1v) is 5.67. The highest BCUT2D eigenvalue weighted by Crippen LogP contribution is 2.24. The number of H-pyrrole nitrogens is 1. The summed E-state index contributed by atoms with van der Waals surface area (Å²) in [6.07, 6.45) is 3.47. The van der Waals surface area contributed by atoms with Crippen molar-refractivity contribution < 1.29 is 9.18 Å². The number of aromatic nitrogens is 1. The summed E-state index contributed by atoms with van der Waals surface area (Å²) in [5, 5.41) is 10.5. The number of halogens is 1. The molecule has 0 aliphatic carbocycles. The first kappa shape index (κ1) is 12.3. The average molecular weight is 247 g/mol. The Morgan fingerprint density at radius 2 is 2.33 bits per heavy atom. The third-order valence-corrected chi connectivity index (χ3v) is 2.82. The quantitative estimate of drug-likeness (QED) is 0.710. The Balaban J connectivity index is 2.34. The molecule has 0 spiro atoms. The van der Waals surface area contributed by atoms with Crippen molar-refractivity contribution in [2.24, 2.45) is 0 Å². The van der Waals surface area contributed by atoms with Gasteiger partial charge in [0.05, 0.1) is 5.52 Å². The van der Waals surface area contributed by atoms with E-state index in [9.17, 15) is 9.18 Å². The molecule has 3 N–H and O–H groups in total. The van der Waals surface area contributed by atoms with Gasteiger partial charge in [0.1, 0.15) is 5.82 Å². The van der Waals surface area contributed by atoms with Gasteiger partial charge in [-0.1, -0.05) is 0 Å². The predicted molar refractivity (Wildman–Crippen MR) is 68.5 cm³/mol. The summed E-state index contributed by atoms with van der Waals surface area (Å²) in [5.41, 5.74) is 2.08. The van der Waals surface area contributed by atoms with E-state index in [0.29, 0.717) is 29.4 Å². The molecule has 0 saturated carbocycles. The smallest absolute Gasteiger partial charge is 0.216 e. The molecule has 5 heteroatoms. The molecule has 0 unspecified atom stereocenters. The van der Waals surface area contributed by atoms with Crippen LogP contribution in [0.1, 0.15) is 18.1 Å². The van der Waals surface area contributed by atoms with Gasteiger partial charge in [-0.3, -0.25) is 4.79 Å². The molecule has 0 radical (unpaired) electrons. The van der Waals surface area contributed by atoms with E-state index in [1.807, 2.05) is 0 Å². The second-order valence-corrected chi connectivity index (χ2v) is 4.08. The molecule has 0 bridgehead atoms. The Morgan fingerprint density at radius 1 is 1.56 bits per heavy atom. The number of benzene rings is 1. The van der Waals surface area contributed by atoms with Crippen LogP contribution >= 0.6 is 0 Å². The zero-order chi connectivity index (χ0) is 13.1. The average Bonchev–Trinajstić information content (AvgIpc) is 2.74. The maximum atomic E-state index is 13.8. The Morgan fingerprint density at radius 3 is 3.00 bits per heavy atom. The summed E-state index contributed by atoms with van der Waals surface area (Å²) in [5.74, 6) is -0.412. The molecular weight excluding hydrogens is 233 g/mol. The predicted octanol–water partition coefficient (Wildman–Crippen LogP) is 1.98. The molecule has 0 atom stereocenters. The molecule has 0 saturated heterocycles. The summed E-state index contributed by atoms with van der Waals surface area (Å²) in [6.45, 7) is 1.92. The standard InChI is InChI=1S/C13H14FN3O/c1-8(18)16-5-4-10-7-17-13-9(6-15)2-3-11(14)12(10)13/h2-3,6-7,15,17H,4-5H2,1H3,(H,16,18). The molecule has 0 aliphatic rings. The van der Waals surface area contributed by atoms with Crippen molar-refractivity contribution >= 4 is 23.0 Å². The number of hydrogen-bond acceptors (Lipinski definition) is 2. The van der Waals surface area contributed by atoms with Crippen molar-refractivity contribution in [2.75, 3.05) is 6.54 Å².